The van der Waals surface area contributed by atoms with E-state index in [-0.39, 0.29) is 11.9 Å². The Hall–Kier alpha value is -3.21. The number of carbonyl (C=O) groups is 1. The highest BCUT2D eigenvalue weighted by Crippen LogP contribution is 2.26. The fourth-order valence-electron chi connectivity index (χ4n) is 5.27. The van der Waals surface area contributed by atoms with Gasteiger partial charge in [-0.2, -0.15) is 5.10 Å². The molecule has 2 saturated heterocycles. The zero-order chi connectivity index (χ0) is 24.0. The first kappa shape index (κ1) is 23.5. The third kappa shape index (κ3) is 5.72. The predicted octanol–water partition coefficient (Wildman–Crippen LogP) is 3.83. The molecule has 1 amide bonds. The number of hydrogen-bond donors (Lipinski definition) is 2. The van der Waals surface area contributed by atoms with E-state index in [1.54, 1.807) is 0 Å². The minimum Gasteiger partial charge on any atom is -0.348 e. The van der Waals surface area contributed by atoms with Gasteiger partial charge in [0.2, 0.25) is 0 Å². The van der Waals surface area contributed by atoms with Crippen LogP contribution < -0.4 is 5.32 Å². The molecule has 0 unspecified atom stereocenters. The van der Waals surface area contributed by atoms with Crippen molar-refractivity contribution in [2.45, 2.75) is 51.1 Å². The van der Waals surface area contributed by atoms with Crippen LogP contribution in [0.4, 0.5) is 0 Å². The third-order valence-electron chi connectivity index (χ3n) is 7.25. The van der Waals surface area contributed by atoms with Crippen molar-refractivity contribution in [2.24, 2.45) is 0 Å². The number of H-pyrrole nitrogens is 1. The number of hydrogen-bond acceptors (Lipinski definition) is 5. The number of amides is 1. The van der Waals surface area contributed by atoms with Gasteiger partial charge in [0.1, 0.15) is 0 Å². The first-order chi connectivity index (χ1) is 17.2. The standard InChI is InChI=1S/C28H34N6O/c1-2-11-33-14-9-24(10-15-33)30-28(35)27-25-17-22(7-8-26(25)31-32-27)23-16-21(18-29-19-23)20-34-12-5-3-4-6-13-34/h1,7-8,16-19,24H,3-6,9-15,20H2,(H,30,35)(H,31,32). The fraction of sp³-hybridized carbons (Fsp3) is 0.464. The Balaban J connectivity index is 1.30. The van der Waals surface area contributed by atoms with Crippen molar-refractivity contribution in [1.29, 1.82) is 0 Å². The molecule has 2 aromatic heterocycles. The van der Waals surface area contributed by atoms with E-state index in [0.717, 1.165) is 67.6 Å². The Bertz CT molecular complexity index is 1200. The summed E-state index contributed by atoms with van der Waals surface area (Å²) in [4.78, 5) is 22.4. The Morgan fingerprint density at radius 1 is 1.03 bits per heavy atom. The number of rotatable bonds is 6. The number of nitrogens with one attached hydrogen (secondary N) is 2. The summed E-state index contributed by atoms with van der Waals surface area (Å²) in [6.45, 7) is 5.73. The van der Waals surface area contributed by atoms with Crippen molar-refractivity contribution in [3.8, 4) is 23.5 Å². The van der Waals surface area contributed by atoms with Crippen molar-refractivity contribution in [3.05, 3.63) is 47.9 Å². The number of carbonyl (C=O) groups excluding carboxylic acids is 1. The third-order valence-corrected chi connectivity index (χ3v) is 7.25. The van der Waals surface area contributed by atoms with Gasteiger partial charge in [0.25, 0.3) is 5.91 Å². The SMILES string of the molecule is C#CCN1CCC(NC(=O)c2n[nH]c3ccc(-c4cncc(CN5CCCCCC5)c4)cc23)CC1. The topological polar surface area (TPSA) is 77.1 Å². The number of likely N-dealkylation sites (tertiary alicyclic amines) is 2. The molecule has 4 heterocycles. The molecule has 0 aliphatic carbocycles. The molecule has 2 aliphatic rings. The molecule has 1 aromatic carbocycles. The second-order valence-electron chi connectivity index (χ2n) is 9.83. The molecule has 0 atom stereocenters. The Labute approximate surface area is 207 Å². The van der Waals surface area contributed by atoms with Crippen LogP contribution in [0.1, 0.15) is 54.6 Å². The van der Waals surface area contributed by atoms with Gasteiger partial charge in [0.05, 0.1) is 12.1 Å². The van der Waals surface area contributed by atoms with Gasteiger partial charge in [-0.25, -0.2) is 0 Å². The molecule has 7 nitrogen and oxygen atoms in total. The van der Waals surface area contributed by atoms with Gasteiger partial charge < -0.3 is 5.32 Å². The summed E-state index contributed by atoms with van der Waals surface area (Å²) >= 11 is 0. The minimum atomic E-state index is -0.128. The van der Waals surface area contributed by atoms with Gasteiger partial charge in [-0.15, -0.1) is 6.42 Å². The van der Waals surface area contributed by atoms with Crippen LogP contribution in [-0.4, -0.2) is 69.7 Å². The molecule has 7 heteroatoms. The van der Waals surface area contributed by atoms with E-state index in [1.165, 1.54) is 31.2 Å². The van der Waals surface area contributed by atoms with Crippen LogP contribution in [-0.2, 0) is 6.54 Å². The average Bonchev–Trinajstić information content (AvgIpc) is 3.14. The second kappa shape index (κ2) is 11.0. The van der Waals surface area contributed by atoms with Crippen molar-refractivity contribution in [2.75, 3.05) is 32.7 Å². The maximum atomic E-state index is 13.1. The zero-order valence-electron chi connectivity index (χ0n) is 20.3. The predicted molar refractivity (Wildman–Crippen MR) is 139 cm³/mol. The maximum Gasteiger partial charge on any atom is 0.272 e. The molecule has 5 rings (SSSR count). The highest BCUT2D eigenvalue weighted by atomic mass is 16.2. The number of aromatic nitrogens is 3. The van der Waals surface area contributed by atoms with Crippen LogP contribution in [0.5, 0.6) is 0 Å². The summed E-state index contributed by atoms with van der Waals surface area (Å²) in [7, 11) is 0. The second-order valence-corrected chi connectivity index (χ2v) is 9.83. The van der Waals surface area contributed by atoms with E-state index in [9.17, 15) is 4.79 Å². The molecule has 0 saturated carbocycles. The number of pyridine rings is 1. The lowest BCUT2D eigenvalue weighted by Crippen LogP contribution is -2.44. The highest BCUT2D eigenvalue weighted by Gasteiger charge is 2.23. The van der Waals surface area contributed by atoms with Gasteiger partial charge in [-0.05, 0) is 68.1 Å². The van der Waals surface area contributed by atoms with Crippen LogP contribution in [0.25, 0.3) is 22.0 Å². The van der Waals surface area contributed by atoms with Gasteiger partial charge in [0.15, 0.2) is 5.69 Å². The monoisotopic (exact) mass is 470 g/mol. The lowest BCUT2D eigenvalue weighted by atomic mass is 10.0. The smallest absolute Gasteiger partial charge is 0.272 e. The van der Waals surface area contributed by atoms with E-state index in [4.69, 9.17) is 6.42 Å². The quantitative estimate of drug-likeness (QED) is 0.536. The van der Waals surface area contributed by atoms with Crippen LogP contribution in [0.2, 0.25) is 0 Å². The Kier molecular flexibility index (Phi) is 7.41. The van der Waals surface area contributed by atoms with Crippen LogP contribution >= 0.6 is 0 Å². The molecule has 0 radical (unpaired) electrons. The van der Waals surface area contributed by atoms with Gasteiger partial charge in [-0.1, -0.05) is 24.8 Å². The van der Waals surface area contributed by atoms with E-state index in [0.29, 0.717) is 12.2 Å². The van der Waals surface area contributed by atoms with E-state index >= 15 is 0 Å². The van der Waals surface area contributed by atoms with E-state index in [1.807, 2.05) is 18.5 Å². The normalized spacial score (nSPS) is 18.3. The molecule has 3 aromatic rings. The Morgan fingerprint density at radius 2 is 1.83 bits per heavy atom. The largest absolute Gasteiger partial charge is 0.348 e. The van der Waals surface area contributed by atoms with Crippen LogP contribution in [0.3, 0.4) is 0 Å². The molecule has 0 spiro atoms. The first-order valence-corrected chi connectivity index (χ1v) is 12.8. The molecule has 2 fully saturated rings. The average molecular weight is 471 g/mol. The molecule has 0 bridgehead atoms. The number of benzene rings is 1. The first-order valence-electron chi connectivity index (χ1n) is 12.8. The molecule has 182 valence electrons. The Morgan fingerprint density at radius 3 is 2.60 bits per heavy atom. The lowest BCUT2D eigenvalue weighted by molar-refractivity contribution is 0.0911. The molecular weight excluding hydrogens is 436 g/mol. The van der Waals surface area contributed by atoms with Crippen molar-refractivity contribution < 1.29 is 4.79 Å². The number of piperidine rings is 1. The molecule has 2 aliphatic heterocycles. The van der Waals surface area contributed by atoms with Crippen LogP contribution in [0, 0.1) is 12.3 Å². The molecule has 35 heavy (non-hydrogen) atoms. The number of nitrogens with zero attached hydrogens (tertiary/aromatic N) is 4. The fourth-order valence-corrected chi connectivity index (χ4v) is 5.27. The van der Waals surface area contributed by atoms with Gasteiger partial charge in [-0.3, -0.25) is 24.7 Å². The summed E-state index contributed by atoms with van der Waals surface area (Å²) in [5.41, 5.74) is 4.64. The van der Waals surface area contributed by atoms with Gasteiger partial charge in [0, 0.05) is 49.0 Å². The summed E-state index contributed by atoms with van der Waals surface area (Å²) in [5, 5.41) is 11.4. The zero-order valence-corrected chi connectivity index (χ0v) is 20.3. The van der Waals surface area contributed by atoms with Crippen molar-refractivity contribution in [3.63, 3.8) is 0 Å². The summed E-state index contributed by atoms with van der Waals surface area (Å²) < 4.78 is 0. The summed E-state index contributed by atoms with van der Waals surface area (Å²) in [6, 6.07) is 8.48. The number of terminal acetylenes is 1. The van der Waals surface area contributed by atoms with Crippen molar-refractivity contribution in [1.82, 2.24) is 30.3 Å². The van der Waals surface area contributed by atoms with Crippen molar-refractivity contribution >= 4 is 16.8 Å². The lowest BCUT2D eigenvalue weighted by Gasteiger charge is -2.30. The van der Waals surface area contributed by atoms with E-state index < -0.39 is 0 Å². The van der Waals surface area contributed by atoms with E-state index in [2.05, 4.69) is 54.4 Å². The van der Waals surface area contributed by atoms with Crippen LogP contribution in [0.15, 0.2) is 36.7 Å². The maximum absolute atomic E-state index is 13.1. The summed E-state index contributed by atoms with van der Waals surface area (Å²) in [5.74, 6) is 2.57. The number of aromatic amines is 1. The highest BCUT2D eigenvalue weighted by molar-refractivity contribution is 6.05. The molecular formula is C28H34N6O. The minimum absolute atomic E-state index is 0.128. The summed E-state index contributed by atoms with van der Waals surface area (Å²) in [6.07, 6.45) is 16.3. The molecule has 2 N–H and O–H groups in total. The van der Waals surface area contributed by atoms with Gasteiger partial charge >= 0.3 is 0 Å². The number of fused-ring (bicyclic) bond motifs is 1.